The molecule has 1 heterocycles. The van der Waals surface area contributed by atoms with Gasteiger partial charge in [0.25, 0.3) is 0 Å². The van der Waals surface area contributed by atoms with Gasteiger partial charge in [0.2, 0.25) is 0 Å². The van der Waals surface area contributed by atoms with Gasteiger partial charge in [-0.25, -0.2) is 9.82 Å². The molecule has 3 nitrogen and oxygen atoms in total. The molecule has 3 N–H and O–H groups in total. The fourth-order valence-corrected chi connectivity index (χ4v) is 2.35. The molecule has 0 aliphatic heterocycles. The second-order valence-corrected chi connectivity index (χ2v) is 5.33. The summed E-state index contributed by atoms with van der Waals surface area (Å²) in [6.07, 6.45) is 1.66. The quantitative estimate of drug-likeness (QED) is 0.509. The monoisotopic (exact) mass is 343 g/mol. The van der Waals surface area contributed by atoms with Crippen molar-refractivity contribution in [3.63, 3.8) is 0 Å². The van der Waals surface area contributed by atoms with Gasteiger partial charge in [-0.05, 0) is 46.6 Å². The second kappa shape index (κ2) is 5.96. The van der Waals surface area contributed by atoms with Gasteiger partial charge >= 0.3 is 0 Å². The molecule has 0 saturated heterocycles. The van der Waals surface area contributed by atoms with E-state index in [0.29, 0.717) is 10.0 Å². The molecule has 2 aromatic rings. The summed E-state index contributed by atoms with van der Waals surface area (Å²) < 4.78 is 14.7. The molecule has 1 aromatic carbocycles. The van der Waals surface area contributed by atoms with Crippen molar-refractivity contribution in [3.05, 3.63) is 62.6 Å². The molecule has 100 valence electrons. The lowest BCUT2D eigenvalue weighted by atomic mass is 9.99. The summed E-state index contributed by atoms with van der Waals surface area (Å²) in [6, 6.07) is 6.49. The van der Waals surface area contributed by atoms with Crippen LogP contribution in [0.25, 0.3) is 0 Å². The third-order valence-electron chi connectivity index (χ3n) is 2.80. The van der Waals surface area contributed by atoms with E-state index in [1.54, 1.807) is 24.4 Å². The van der Waals surface area contributed by atoms with Gasteiger partial charge in [-0.3, -0.25) is 10.8 Å². The zero-order valence-electron chi connectivity index (χ0n) is 10.1. The summed E-state index contributed by atoms with van der Waals surface area (Å²) in [5, 5.41) is 0.0449. The normalized spacial score (nSPS) is 12.5. The van der Waals surface area contributed by atoms with E-state index < -0.39 is 11.9 Å². The maximum Gasteiger partial charge on any atom is 0.148 e. The van der Waals surface area contributed by atoms with E-state index in [9.17, 15) is 4.39 Å². The Kier molecular flexibility index (Phi) is 4.52. The van der Waals surface area contributed by atoms with Crippen LogP contribution in [0, 0.1) is 12.7 Å². The number of hydrazine groups is 1. The number of nitrogens with two attached hydrogens (primary N) is 1. The summed E-state index contributed by atoms with van der Waals surface area (Å²) in [4.78, 5) is 4.11. The van der Waals surface area contributed by atoms with E-state index in [1.165, 1.54) is 0 Å². The van der Waals surface area contributed by atoms with Crippen molar-refractivity contribution in [2.24, 2.45) is 5.84 Å². The highest BCUT2D eigenvalue weighted by Gasteiger charge is 2.20. The number of nitrogens with one attached hydrogen (secondary N) is 1. The average molecular weight is 345 g/mol. The zero-order chi connectivity index (χ0) is 14.0. The van der Waals surface area contributed by atoms with Gasteiger partial charge in [0, 0.05) is 21.9 Å². The number of nitrogens with zero attached hydrogens (tertiary/aromatic N) is 1. The molecule has 0 bridgehead atoms. The standard InChI is InChI=1S/C13H12BrClFN3/c1-7-6-8(4-5-18-7)13(19-17)9-2-3-10(14)11(15)12(9)16/h2-6,13,19H,17H2,1H3. The first kappa shape index (κ1) is 14.4. The minimum atomic E-state index is -0.492. The predicted molar refractivity (Wildman–Crippen MR) is 77.3 cm³/mol. The Morgan fingerprint density at radius 1 is 1.42 bits per heavy atom. The Morgan fingerprint density at radius 3 is 2.79 bits per heavy atom. The predicted octanol–water partition coefficient (Wildman–Crippen LogP) is 3.50. The summed E-state index contributed by atoms with van der Waals surface area (Å²) in [5.74, 6) is 5.06. The molecular weight excluding hydrogens is 333 g/mol. The molecule has 0 saturated carbocycles. The van der Waals surface area contributed by atoms with Crippen LogP contribution in [-0.4, -0.2) is 4.98 Å². The first-order valence-electron chi connectivity index (χ1n) is 5.56. The smallest absolute Gasteiger partial charge is 0.148 e. The minimum absolute atomic E-state index is 0.0449. The topological polar surface area (TPSA) is 50.9 Å². The highest BCUT2D eigenvalue weighted by molar-refractivity contribution is 9.10. The van der Waals surface area contributed by atoms with Crippen LogP contribution >= 0.6 is 27.5 Å². The van der Waals surface area contributed by atoms with Gasteiger partial charge in [0.15, 0.2) is 0 Å². The molecular formula is C13H12BrClFN3. The molecule has 0 amide bonds. The molecule has 1 aromatic heterocycles. The van der Waals surface area contributed by atoms with Crippen molar-refractivity contribution in [1.29, 1.82) is 0 Å². The van der Waals surface area contributed by atoms with Crippen molar-refractivity contribution in [1.82, 2.24) is 10.4 Å². The van der Waals surface area contributed by atoms with Gasteiger partial charge in [-0.15, -0.1) is 0 Å². The molecule has 0 spiro atoms. The van der Waals surface area contributed by atoms with Crippen LogP contribution in [0.3, 0.4) is 0 Å². The molecule has 19 heavy (non-hydrogen) atoms. The van der Waals surface area contributed by atoms with E-state index in [1.807, 2.05) is 13.0 Å². The number of benzene rings is 1. The van der Waals surface area contributed by atoms with Crippen molar-refractivity contribution in [2.75, 3.05) is 0 Å². The number of aromatic nitrogens is 1. The van der Waals surface area contributed by atoms with Crippen LogP contribution in [0.2, 0.25) is 5.02 Å². The number of halogens is 3. The van der Waals surface area contributed by atoms with Gasteiger partial charge in [-0.2, -0.15) is 0 Å². The van der Waals surface area contributed by atoms with Gasteiger partial charge < -0.3 is 0 Å². The lowest BCUT2D eigenvalue weighted by molar-refractivity contribution is 0.559. The number of aryl methyl sites for hydroxylation is 1. The summed E-state index contributed by atoms with van der Waals surface area (Å²) in [5.41, 5.74) is 4.66. The van der Waals surface area contributed by atoms with Crippen molar-refractivity contribution >= 4 is 27.5 Å². The van der Waals surface area contributed by atoms with Crippen molar-refractivity contribution in [2.45, 2.75) is 13.0 Å². The SMILES string of the molecule is Cc1cc(C(NN)c2ccc(Br)c(Cl)c2F)ccn1. The number of rotatable bonds is 3. The number of hydrogen-bond donors (Lipinski definition) is 2. The Labute approximate surface area is 124 Å². The maximum atomic E-state index is 14.2. The van der Waals surface area contributed by atoms with Gasteiger partial charge in [0.1, 0.15) is 5.82 Å². The first-order valence-corrected chi connectivity index (χ1v) is 6.73. The zero-order valence-corrected chi connectivity index (χ0v) is 12.5. The van der Waals surface area contributed by atoms with Crippen LogP contribution in [0.4, 0.5) is 4.39 Å². The van der Waals surface area contributed by atoms with Crippen molar-refractivity contribution < 1.29 is 4.39 Å². The van der Waals surface area contributed by atoms with Crippen LogP contribution < -0.4 is 11.3 Å². The summed E-state index contributed by atoms with van der Waals surface area (Å²) in [7, 11) is 0. The molecule has 0 radical (unpaired) electrons. The van der Waals surface area contributed by atoms with Crippen molar-refractivity contribution in [3.8, 4) is 0 Å². The van der Waals surface area contributed by atoms with E-state index in [4.69, 9.17) is 17.4 Å². The first-order chi connectivity index (χ1) is 9.04. The Balaban J connectivity index is 2.51. The fraction of sp³-hybridized carbons (Fsp3) is 0.154. The third kappa shape index (κ3) is 2.95. The average Bonchev–Trinajstić information content (AvgIpc) is 2.40. The number of pyridine rings is 1. The van der Waals surface area contributed by atoms with Crippen LogP contribution in [-0.2, 0) is 0 Å². The van der Waals surface area contributed by atoms with E-state index in [2.05, 4.69) is 26.3 Å². The Morgan fingerprint density at radius 2 is 2.16 bits per heavy atom. The lowest BCUT2D eigenvalue weighted by Crippen LogP contribution is -2.29. The Bertz CT molecular complexity index is 606. The van der Waals surface area contributed by atoms with Crippen LogP contribution in [0.1, 0.15) is 22.9 Å². The van der Waals surface area contributed by atoms with E-state index in [0.717, 1.165) is 11.3 Å². The maximum absolute atomic E-state index is 14.2. The molecule has 0 aliphatic carbocycles. The van der Waals surface area contributed by atoms with E-state index in [-0.39, 0.29) is 5.02 Å². The number of hydrogen-bond acceptors (Lipinski definition) is 3. The molecule has 6 heteroatoms. The minimum Gasteiger partial charge on any atom is -0.271 e. The molecule has 0 fully saturated rings. The van der Waals surface area contributed by atoms with E-state index >= 15 is 0 Å². The highest BCUT2D eigenvalue weighted by Crippen LogP contribution is 2.32. The second-order valence-electron chi connectivity index (χ2n) is 4.09. The summed E-state index contributed by atoms with van der Waals surface area (Å²) >= 11 is 9.09. The summed E-state index contributed by atoms with van der Waals surface area (Å²) in [6.45, 7) is 1.86. The molecule has 0 aliphatic rings. The Hall–Kier alpha value is -1.01. The molecule has 1 atom stereocenters. The highest BCUT2D eigenvalue weighted by atomic mass is 79.9. The van der Waals surface area contributed by atoms with Crippen LogP contribution in [0.15, 0.2) is 34.9 Å². The lowest BCUT2D eigenvalue weighted by Gasteiger charge is -2.18. The van der Waals surface area contributed by atoms with Gasteiger partial charge in [0.05, 0.1) is 11.1 Å². The molecule has 1 unspecified atom stereocenters. The largest absolute Gasteiger partial charge is 0.271 e. The third-order valence-corrected chi connectivity index (χ3v) is 4.06. The fourth-order valence-electron chi connectivity index (χ4n) is 1.88. The molecule has 2 rings (SSSR count). The van der Waals surface area contributed by atoms with Crippen LogP contribution in [0.5, 0.6) is 0 Å². The van der Waals surface area contributed by atoms with Gasteiger partial charge in [-0.1, -0.05) is 17.7 Å².